The highest BCUT2D eigenvalue weighted by molar-refractivity contribution is 6.30. The quantitative estimate of drug-likeness (QED) is 0.618. The molecule has 0 unspecified atom stereocenters. The Morgan fingerprint density at radius 1 is 0.966 bits per heavy atom. The van der Waals surface area contributed by atoms with Crippen LogP contribution in [0.25, 0.3) is 5.57 Å². The summed E-state index contributed by atoms with van der Waals surface area (Å²) < 4.78 is 5.21. The molecule has 4 nitrogen and oxygen atoms in total. The molecule has 3 aromatic carbocycles. The topological polar surface area (TPSA) is 49.8 Å². The first kappa shape index (κ1) is 19.1. The van der Waals surface area contributed by atoms with Crippen LogP contribution >= 0.6 is 11.6 Å². The van der Waals surface area contributed by atoms with Crippen molar-refractivity contribution >= 4 is 23.1 Å². The third-order valence-corrected chi connectivity index (χ3v) is 5.34. The number of halogens is 1. The zero-order chi connectivity index (χ0) is 20.4. The lowest BCUT2D eigenvalue weighted by atomic mass is 9.93. The average Bonchev–Trinajstić information content (AvgIpc) is 3.00. The van der Waals surface area contributed by atoms with Gasteiger partial charge in [0.1, 0.15) is 5.75 Å². The molecule has 0 fully saturated rings. The van der Waals surface area contributed by atoms with Gasteiger partial charge in [0, 0.05) is 17.1 Å². The first-order valence-corrected chi connectivity index (χ1v) is 9.64. The van der Waals surface area contributed by atoms with Gasteiger partial charge >= 0.3 is 0 Å². The monoisotopic (exact) mass is 405 g/mol. The van der Waals surface area contributed by atoms with Crippen molar-refractivity contribution in [3.05, 3.63) is 106 Å². The second-order valence-electron chi connectivity index (χ2n) is 6.86. The van der Waals surface area contributed by atoms with Crippen LogP contribution in [0.5, 0.6) is 5.75 Å². The fourth-order valence-electron chi connectivity index (χ4n) is 3.65. The number of hydrogen-bond acceptors (Lipinski definition) is 3. The summed E-state index contributed by atoms with van der Waals surface area (Å²) in [7, 11) is 1.61. The number of ether oxygens (including phenoxy) is 1. The lowest BCUT2D eigenvalue weighted by Crippen LogP contribution is -2.29. The van der Waals surface area contributed by atoms with Gasteiger partial charge in [0.25, 0.3) is 5.91 Å². The largest absolute Gasteiger partial charge is 0.503 e. The molecule has 4 rings (SSSR count). The van der Waals surface area contributed by atoms with Gasteiger partial charge in [-0.1, -0.05) is 66.2 Å². The average molecular weight is 406 g/mol. The number of carbonyl (C=O) groups is 1. The van der Waals surface area contributed by atoms with Crippen LogP contribution in [0.1, 0.15) is 22.7 Å². The highest BCUT2D eigenvalue weighted by Crippen LogP contribution is 2.43. The highest BCUT2D eigenvalue weighted by atomic mass is 35.5. The Kier molecular flexibility index (Phi) is 5.28. The summed E-state index contributed by atoms with van der Waals surface area (Å²) in [6.07, 6.45) is 0. The lowest BCUT2D eigenvalue weighted by molar-refractivity contribution is -0.130. The number of aliphatic hydroxyl groups excluding tert-OH is 1. The van der Waals surface area contributed by atoms with Gasteiger partial charge in [0.15, 0.2) is 5.76 Å². The van der Waals surface area contributed by atoms with Crippen LogP contribution < -0.4 is 4.74 Å². The van der Waals surface area contributed by atoms with E-state index in [-0.39, 0.29) is 11.7 Å². The van der Waals surface area contributed by atoms with Crippen molar-refractivity contribution in [2.24, 2.45) is 0 Å². The van der Waals surface area contributed by atoms with Gasteiger partial charge in [0.2, 0.25) is 0 Å². The van der Waals surface area contributed by atoms with Crippen LogP contribution in [-0.4, -0.2) is 23.0 Å². The highest BCUT2D eigenvalue weighted by Gasteiger charge is 2.40. The van der Waals surface area contributed by atoms with Crippen molar-refractivity contribution in [1.82, 2.24) is 4.90 Å². The van der Waals surface area contributed by atoms with Crippen LogP contribution in [0, 0.1) is 0 Å². The number of carbonyl (C=O) groups excluding carboxylic acids is 1. The maximum atomic E-state index is 13.0. The Morgan fingerprint density at radius 3 is 2.24 bits per heavy atom. The Balaban J connectivity index is 1.77. The summed E-state index contributed by atoms with van der Waals surface area (Å²) in [6.45, 7) is 0.358. The summed E-state index contributed by atoms with van der Waals surface area (Å²) in [5, 5.41) is 11.4. The third kappa shape index (κ3) is 3.71. The molecule has 5 heteroatoms. The van der Waals surface area contributed by atoms with Gasteiger partial charge in [-0.25, -0.2) is 0 Å². The maximum absolute atomic E-state index is 13.0. The Labute approximate surface area is 174 Å². The second-order valence-corrected chi connectivity index (χ2v) is 7.30. The predicted octanol–water partition coefficient (Wildman–Crippen LogP) is 5.40. The van der Waals surface area contributed by atoms with E-state index in [1.54, 1.807) is 24.1 Å². The molecule has 1 heterocycles. The molecule has 3 aromatic rings. The molecule has 1 amide bonds. The van der Waals surface area contributed by atoms with Gasteiger partial charge in [-0.2, -0.15) is 0 Å². The molecular formula is C24H20ClNO3. The molecule has 1 N–H and O–H groups in total. The molecule has 1 aliphatic heterocycles. The fraction of sp³-hybridized carbons (Fsp3) is 0.125. The molecule has 1 atom stereocenters. The Hall–Kier alpha value is -3.24. The zero-order valence-electron chi connectivity index (χ0n) is 15.9. The third-order valence-electron chi connectivity index (χ3n) is 5.09. The van der Waals surface area contributed by atoms with Gasteiger partial charge in [-0.3, -0.25) is 4.79 Å². The fourth-order valence-corrected chi connectivity index (χ4v) is 3.77. The van der Waals surface area contributed by atoms with Gasteiger partial charge in [-0.05, 0) is 41.0 Å². The van der Waals surface area contributed by atoms with Crippen molar-refractivity contribution in [2.75, 3.05) is 7.11 Å². The van der Waals surface area contributed by atoms with E-state index in [1.807, 2.05) is 66.7 Å². The molecule has 0 saturated carbocycles. The molecular weight excluding hydrogens is 386 g/mol. The molecule has 1 aliphatic rings. The number of nitrogens with zero attached hydrogens (tertiary/aromatic N) is 1. The molecule has 0 spiro atoms. The Morgan fingerprint density at radius 2 is 1.62 bits per heavy atom. The van der Waals surface area contributed by atoms with E-state index in [2.05, 4.69) is 0 Å². The number of rotatable bonds is 5. The lowest BCUT2D eigenvalue weighted by Gasteiger charge is -2.27. The van der Waals surface area contributed by atoms with E-state index in [9.17, 15) is 9.90 Å². The van der Waals surface area contributed by atoms with Crippen LogP contribution in [0.3, 0.4) is 0 Å². The number of aliphatic hydroxyl groups is 1. The van der Waals surface area contributed by atoms with Crippen molar-refractivity contribution in [2.45, 2.75) is 12.6 Å². The molecule has 0 aromatic heterocycles. The minimum Gasteiger partial charge on any atom is -0.503 e. The van der Waals surface area contributed by atoms with Crippen LogP contribution in [0.15, 0.2) is 84.6 Å². The molecule has 0 bridgehead atoms. The number of hydrogen-bond donors (Lipinski definition) is 1. The first-order valence-electron chi connectivity index (χ1n) is 9.26. The van der Waals surface area contributed by atoms with Crippen molar-refractivity contribution in [3.63, 3.8) is 0 Å². The molecule has 0 aliphatic carbocycles. The van der Waals surface area contributed by atoms with Crippen LogP contribution in [0.4, 0.5) is 0 Å². The smallest absolute Gasteiger partial charge is 0.290 e. The second kappa shape index (κ2) is 8.02. The minimum absolute atomic E-state index is 0.218. The van der Waals surface area contributed by atoms with E-state index in [4.69, 9.17) is 16.3 Å². The first-order chi connectivity index (χ1) is 14.1. The zero-order valence-corrected chi connectivity index (χ0v) is 16.6. The molecule has 146 valence electrons. The summed E-state index contributed by atoms with van der Waals surface area (Å²) in [5.74, 6) is 0.144. The SMILES string of the molecule is COc1ccc(CN2C(=O)C(O)=C(c3ccccc3)[C@H]2c2ccc(Cl)cc2)cc1. The summed E-state index contributed by atoms with van der Waals surface area (Å²) in [5.41, 5.74) is 3.25. The summed E-state index contributed by atoms with van der Waals surface area (Å²) in [6, 6.07) is 24.0. The van der Waals surface area contributed by atoms with E-state index < -0.39 is 6.04 Å². The predicted molar refractivity (Wildman–Crippen MR) is 114 cm³/mol. The number of methoxy groups -OCH3 is 1. The maximum Gasteiger partial charge on any atom is 0.290 e. The Bertz CT molecular complexity index is 1040. The molecule has 0 saturated heterocycles. The van der Waals surface area contributed by atoms with Gasteiger partial charge < -0.3 is 14.7 Å². The normalized spacial score (nSPS) is 16.4. The van der Waals surface area contributed by atoms with Gasteiger partial charge in [0.05, 0.1) is 13.2 Å². The minimum atomic E-state index is -0.413. The van der Waals surface area contributed by atoms with Crippen molar-refractivity contribution in [1.29, 1.82) is 0 Å². The van der Waals surface area contributed by atoms with E-state index in [1.165, 1.54) is 0 Å². The van der Waals surface area contributed by atoms with E-state index in [0.29, 0.717) is 17.1 Å². The summed E-state index contributed by atoms with van der Waals surface area (Å²) in [4.78, 5) is 14.7. The van der Waals surface area contributed by atoms with Crippen LogP contribution in [0.2, 0.25) is 5.02 Å². The standard InChI is InChI=1S/C24H20ClNO3/c1-29-20-13-7-16(8-14-20)15-26-22(18-9-11-19(25)12-10-18)21(23(27)24(26)28)17-5-3-2-4-6-17/h2-14,22,27H,15H2,1H3/t22-/m1/s1. The summed E-state index contributed by atoms with van der Waals surface area (Å²) >= 11 is 6.07. The van der Waals surface area contributed by atoms with E-state index in [0.717, 1.165) is 22.4 Å². The van der Waals surface area contributed by atoms with Crippen LogP contribution in [-0.2, 0) is 11.3 Å². The van der Waals surface area contributed by atoms with Gasteiger partial charge in [-0.15, -0.1) is 0 Å². The molecule has 29 heavy (non-hydrogen) atoms. The molecule has 0 radical (unpaired) electrons. The number of benzene rings is 3. The van der Waals surface area contributed by atoms with Crippen molar-refractivity contribution in [3.8, 4) is 5.75 Å². The number of amides is 1. The van der Waals surface area contributed by atoms with Crippen molar-refractivity contribution < 1.29 is 14.6 Å². The van der Waals surface area contributed by atoms with E-state index >= 15 is 0 Å².